The van der Waals surface area contributed by atoms with Crippen molar-refractivity contribution in [2.45, 2.75) is 32.4 Å². The van der Waals surface area contributed by atoms with Crippen LogP contribution in [0.2, 0.25) is 0 Å². The summed E-state index contributed by atoms with van der Waals surface area (Å²) in [6.07, 6.45) is 4.52. The lowest BCUT2D eigenvalue weighted by Crippen LogP contribution is -2.19. The first-order chi connectivity index (χ1) is 8.11. The Labute approximate surface area is 113 Å². The molecule has 1 aromatic rings. The highest BCUT2D eigenvalue weighted by molar-refractivity contribution is 5.90. The fourth-order valence-electron chi connectivity index (χ4n) is 1.32. The summed E-state index contributed by atoms with van der Waals surface area (Å²) >= 11 is 0. The van der Waals surface area contributed by atoms with Crippen molar-refractivity contribution in [1.29, 1.82) is 0 Å². The van der Waals surface area contributed by atoms with Crippen LogP contribution in [0.15, 0.2) is 12.4 Å². The highest BCUT2D eigenvalue weighted by Gasteiger charge is 2.05. The van der Waals surface area contributed by atoms with E-state index >= 15 is 0 Å². The average molecular weight is 277 g/mol. The second-order valence-corrected chi connectivity index (χ2v) is 4.05. The zero-order valence-electron chi connectivity index (χ0n) is 10.8. The summed E-state index contributed by atoms with van der Waals surface area (Å²) in [6, 6.07) is 0.0465. The Balaban J connectivity index is 0.00000289. The molecule has 0 bridgehead atoms. The van der Waals surface area contributed by atoms with Gasteiger partial charge in [-0.05, 0) is 13.3 Å². The molecular formula is C11H21ClN4O2. The third-order valence-electron chi connectivity index (χ3n) is 2.27. The number of carbonyl (C=O) groups excluding carboxylic acids is 1. The van der Waals surface area contributed by atoms with Gasteiger partial charge in [0.05, 0.1) is 25.0 Å². The summed E-state index contributed by atoms with van der Waals surface area (Å²) in [4.78, 5) is 11.5. The number of nitrogens with one attached hydrogen (secondary N) is 1. The van der Waals surface area contributed by atoms with Crippen molar-refractivity contribution in [3.8, 4) is 0 Å². The molecule has 1 unspecified atom stereocenters. The van der Waals surface area contributed by atoms with Crippen LogP contribution in [0.3, 0.4) is 0 Å². The molecule has 1 heterocycles. The monoisotopic (exact) mass is 276 g/mol. The van der Waals surface area contributed by atoms with Gasteiger partial charge in [-0.3, -0.25) is 9.48 Å². The molecule has 0 aliphatic rings. The van der Waals surface area contributed by atoms with Crippen LogP contribution in [0, 0.1) is 0 Å². The maximum Gasteiger partial charge on any atom is 0.224 e. The van der Waals surface area contributed by atoms with E-state index < -0.39 is 0 Å². The van der Waals surface area contributed by atoms with Gasteiger partial charge < -0.3 is 15.8 Å². The molecule has 104 valence electrons. The lowest BCUT2D eigenvalue weighted by Gasteiger charge is -2.04. The molecule has 1 atom stereocenters. The Morgan fingerprint density at radius 1 is 1.67 bits per heavy atom. The van der Waals surface area contributed by atoms with E-state index in [9.17, 15) is 4.79 Å². The summed E-state index contributed by atoms with van der Waals surface area (Å²) in [7, 11) is 1.64. The van der Waals surface area contributed by atoms with Crippen molar-refractivity contribution in [1.82, 2.24) is 9.78 Å². The summed E-state index contributed by atoms with van der Waals surface area (Å²) in [6.45, 7) is 3.15. The van der Waals surface area contributed by atoms with Gasteiger partial charge in [0.2, 0.25) is 5.91 Å². The van der Waals surface area contributed by atoms with Crippen LogP contribution in [-0.4, -0.2) is 35.4 Å². The Hall–Kier alpha value is -1.11. The molecule has 0 spiro atoms. The van der Waals surface area contributed by atoms with E-state index in [4.69, 9.17) is 10.5 Å². The number of aromatic nitrogens is 2. The quantitative estimate of drug-likeness (QED) is 0.779. The largest absolute Gasteiger partial charge is 0.383 e. The van der Waals surface area contributed by atoms with Crippen LogP contribution in [-0.2, 0) is 16.1 Å². The second kappa shape index (κ2) is 8.91. The van der Waals surface area contributed by atoms with Crippen LogP contribution < -0.4 is 11.1 Å². The van der Waals surface area contributed by atoms with Crippen LogP contribution in [0.25, 0.3) is 0 Å². The van der Waals surface area contributed by atoms with Gasteiger partial charge in [-0.2, -0.15) is 5.10 Å². The first-order valence-electron chi connectivity index (χ1n) is 5.68. The van der Waals surface area contributed by atoms with E-state index in [0.717, 1.165) is 0 Å². The van der Waals surface area contributed by atoms with Crippen molar-refractivity contribution in [2.75, 3.05) is 19.0 Å². The van der Waals surface area contributed by atoms with Gasteiger partial charge in [0.1, 0.15) is 0 Å². The molecule has 6 nitrogen and oxygen atoms in total. The Morgan fingerprint density at radius 2 is 2.39 bits per heavy atom. The molecule has 1 amide bonds. The Morgan fingerprint density at radius 3 is 3.00 bits per heavy atom. The number of anilines is 1. The van der Waals surface area contributed by atoms with E-state index in [1.165, 1.54) is 0 Å². The second-order valence-electron chi connectivity index (χ2n) is 4.05. The van der Waals surface area contributed by atoms with Crippen LogP contribution in [0.4, 0.5) is 5.69 Å². The highest BCUT2D eigenvalue weighted by Crippen LogP contribution is 2.06. The van der Waals surface area contributed by atoms with E-state index in [1.807, 2.05) is 6.92 Å². The normalized spacial score (nSPS) is 11.7. The van der Waals surface area contributed by atoms with Gasteiger partial charge in [-0.1, -0.05) is 0 Å². The van der Waals surface area contributed by atoms with Gasteiger partial charge in [0.15, 0.2) is 0 Å². The molecule has 0 aliphatic heterocycles. The maximum atomic E-state index is 11.5. The van der Waals surface area contributed by atoms with Crippen molar-refractivity contribution < 1.29 is 9.53 Å². The maximum absolute atomic E-state index is 11.5. The van der Waals surface area contributed by atoms with E-state index in [1.54, 1.807) is 24.2 Å². The van der Waals surface area contributed by atoms with Gasteiger partial charge in [0, 0.05) is 25.8 Å². The number of carbonyl (C=O) groups is 1. The standard InChI is InChI=1S/C11H20N4O2.ClH/c1-9(12)3-4-11(16)14-10-7-13-15(8-10)5-6-17-2;/h7-9H,3-6,12H2,1-2H3,(H,14,16);1H. The first kappa shape index (κ1) is 16.9. The molecule has 3 N–H and O–H groups in total. The number of nitrogens with two attached hydrogens (primary N) is 1. The molecule has 0 fully saturated rings. The summed E-state index contributed by atoms with van der Waals surface area (Å²) in [5.74, 6) is -0.0337. The molecule has 0 aromatic carbocycles. The van der Waals surface area contributed by atoms with Crippen LogP contribution in [0.1, 0.15) is 19.8 Å². The summed E-state index contributed by atoms with van der Waals surface area (Å²) in [5, 5.41) is 6.87. The van der Waals surface area contributed by atoms with E-state index in [-0.39, 0.29) is 24.4 Å². The van der Waals surface area contributed by atoms with Gasteiger partial charge in [-0.15, -0.1) is 12.4 Å². The van der Waals surface area contributed by atoms with E-state index in [2.05, 4.69) is 10.4 Å². The molecule has 18 heavy (non-hydrogen) atoms. The van der Waals surface area contributed by atoms with Crippen molar-refractivity contribution in [3.05, 3.63) is 12.4 Å². The van der Waals surface area contributed by atoms with Gasteiger partial charge in [-0.25, -0.2) is 0 Å². The van der Waals surface area contributed by atoms with Crippen LogP contribution in [0.5, 0.6) is 0 Å². The van der Waals surface area contributed by atoms with Gasteiger partial charge in [0.25, 0.3) is 0 Å². The molecule has 7 heteroatoms. The van der Waals surface area contributed by atoms with Crippen molar-refractivity contribution in [2.24, 2.45) is 5.73 Å². The Kier molecular flexibility index (Phi) is 8.36. The Bertz CT molecular complexity index is 355. The van der Waals surface area contributed by atoms with Gasteiger partial charge >= 0.3 is 0 Å². The minimum atomic E-state index is -0.0337. The van der Waals surface area contributed by atoms with Crippen molar-refractivity contribution >= 4 is 24.0 Å². The smallest absolute Gasteiger partial charge is 0.224 e. The lowest BCUT2D eigenvalue weighted by atomic mass is 10.2. The summed E-state index contributed by atoms with van der Waals surface area (Å²) < 4.78 is 6.67. The number of hydrogen-bond donors (Lipinski definition) is 2. The highest BCUT2D eigenvalue weighted by atomic mass is 35.5. The first-order valence-corrected chi connectivity index (χ1v) is 5.68. The number of hydrogen-bond acceptors (Lipinski definition) is 4. The molecular weight excluding hydrogens is 256 g/mol. The molecule has 0 saturated heterocycles. The minimum Gasteiger partial charge on any atom is -0.383 e. The summed E-state index contributed by atoms with van der Waals surface area (Å²) in [5.41, 5.74) is 6.29. The molecule has 0 radical (unpaired) electrons. The number of ether oxygens (including phenoxy) is 1. The number of halogens is 1. The van der Waals surface area contributed by atoms with Crippen LogP contribution >= 0.6 is 12.4 Å². The lowest BCUT2D eigenvalue weighted by molar-refractivity contribution is -0.116. The third-order valence-corrected chi connectivity index (χ3v) is 2.27. The minimum absolute atomic E-state index is 0. The fraction of sp³-hybridized carbons (Fsp3) is 0.636. The molecule has 1 rings (SSSR count). The predicted molar refractivity (Wildman–Crippen MR) is 72.9 cm³/mol. The predicted octanol–water partition coefficient (Wildman–Crippen LogP) is 1.02. The number of rotatable bonds is 7. The average Bonchev–Trinajstić information content (AvgIpc) is 2.71. The fourth-order valence-corrected chi connectivity index (χ4v) is 1.32. The topological polar surface area (TPSA) is 82.2 Å². The van der Waals surface area contributed by atoms with E-state index in [0.29, 0.717) is 31.7 Å². The number of methoxy groups -OCH3 is 1. The third kappa shape index (κ3) is 6.58. The zero-order chi connectivity index (χ0) is 12.7. The number of amides is 1. The molecule has 0 aliphatic carbocycles. The zero-order valence-corrected chi connectivity index (χ0v) is 11.6. The van der Waals surface area contributed by atoms with Crippen molar-refractivity contribution in [3.63, 3.8) is 0 Å². The SMILES string of the molecule is COCCn1cc(NC(=O)CCC(C)N)cn1.Cl. The number of nitrogens with zero attached hydrogens (tertiary/aromatic N) is 2. The molecule has 1 aromatic heterocycles. The molecule has 0 saturated carbocycles.